The van der Waals surface area contributed by atoms with Gasteiger partial charge in [-0.05, 0) is 6.92 Å². The van der Waals surface area contributed by atoms with Crippen molar-refractivity contribution < 1.29 is 9.32 Å². The summed E-state index contributed by atoms with van der Waals surface area (Å²) in [7, 11) is 0. The molecular weight excluding hydrogens is 170 g/mol. The van der Waals surface area contributed by atoms with E-state index in [0.29, 0.717) is 5.69 Å². The van der Waals surface area contributed by atoms with Crippen LogP contribution in [0.4, 0.5) is 0 Å². The molecule has 68 valence electrons. The fourth-order valence-corrected chi connectivity index (χ4v) is 0.818. The number of hydrogen-bond acceptors (Lipinski definition) is 4. The standard InChI is InChI=1S/C8H9N3O2/c1-6(5-9)10-8(12)4-7-2-3-13-11-7/h2-3,6H,4H2,1H3,(H,10,12)/t6-/m1/s1. The minimum atomic E-state index is -0.473. The largest absolute Gasteiger partial charge is 0.364 e. The third-order valence-electron chi connectivity index (χ3n) is 1.40. The Morgan fingerprint density at radius 3 is 3.23 bits per heavy atom. The molecule has 13 heavy (non-hydrogen) atoms. The Morgan fingerprint density at radius 2 is 2.69 bits per heavy atom. The van der Waals surface area contributed by atoms with Crippen LogP contribution >= 0.6 is 0 Å². The fraction of sp³-hybridized carbons (Fsp3) is 0.375. The van der Waals surface area contributed by atoms with E-state index in [4.69, 9.17) is 5.26 Å². The SMILES string of the molecule is C[C@H](C#N)NC(=O)Cc1ccon1. The molecule has 0 saturated carbocycles. The van der Waals surface area contributed by atoms with Crippen molar-refractivity contribution in [3.63, 3.8) is 0 Å². The smallest absolute Gasteiger partial charge is 0.227 e. The zero-order chi connectivity index (χ0) is 9.68. The first-order chi connectivity index (χ1) is 6.22. The number of nitrogens with one attached hydrogen (secondary N) is 1. The molecule has 0 fully saturated rings. The van der Waals surface area contributed by atoms with Gasteiger partial charge in [-0.2, -0.15) is 5.26 Å². The van der Waals surface area contributed by atoms with Crippen LogP contribution < -0.4 is 5.32 Å². The minimum Gasteiger partial charge on any atom is -0.364 e. The Labute approximate surface area is 75.3 Å². The number of aromatic nitrogens is 1. The molecule has 5 nitrogen and oxygen atoms in total. The van der Waals surface area contributed by atoms with Gasteiger partial charge in [-0.1, -0.05) is 5.16 Å². The summed E-state index contributed by atoms with van der Waals surface area (Å²) in [4.78, 5) is 11.1. The highest BCUT2D eigenvalue weighted by Gasteiger charge is 2.08. The molecular formula is C8H9N3O2. The summed E-state index contributed by atoms with van der Waals surface area (Å²) in [6.07, 6.45) is 1.54. The van der Waals surface area contributed by atoms with Crippen LogP contribution in [0.2, 0.25) is 0 Å². The lowest BCUT2D eigenvalue weighted by molar-refractivity contribution is -0.120. The number of amides is 1. The van der Waals surface area contributed by atoms with Crippen LogP contribution in [-0.2, 0) is 11.2 Å². The third kappa shape index (κ3) is 2.95. The van der Waals surface area contributed by atoms with Crippen molar-refractivity contribution in [3.05, 3.63) is 18.0 Å². The summed E-state index contributed by atoms with van der Waals surface area (Å²) >= 11 is 0. The molecule has 1 atom stereocenters. The topological polar surface area (TPSA) is 78.9 Å². The van der Waals surface area contributed by atoms with Gasteiger partial charge >= 0.3 is 0 Å². The van der Waals surface area contributed by atoms with E-state index in [2.05, 4.69) is 15.0 Å². The van der Waals surface area contributed by atoms with Crippen molar-refractivity contribution >= 4 is 5.91 Å². The van der Waals surface area contributed by atoms with E-state index in [0.717, 1.165) is 0 Å². The third-order valence-corrected chi connectivity index (χ3v) is 1.40. The molecule has 0 aromatic carbocycles. The van der Waals surface area contributed by atoms with E-state index in [1.807, 2.05) is 6.07 Å². The highest BCUT2D eigenvalue weighted by Crippen LogP contribution is 1.95. The van der Waals surface area contributed by atoms with E-state index in [-0.39, 0.29) is 12.3 Å². The molecule has 1 rings (SSSR count). The van der Waals surface area contributed by atoms with Crippen molar-refractivity contribution in [1.82, 2.24) is 10.5 Å². The van der Waals surface area contributed by atoms with Gasteiger partial charge in [0, 0.05) is 6.07 Å². The molecule has 1 aromatic heterocycles. The maximum Gasteiger partial charge on any atom is 0.227 e. The van der Waals surface area contributed by atoms with E-state index in [9.17, 15) is 4.79 Å². The van der Waals surface area contributed by atoms with Gasteiger partial charge in [0.15, 0.2) is 0 Å². The van der Waals surface area contributed by atoms with Crippen molar-refractivity contribution in [1.29, 1.82) is 5.26 Å². The van der Waals surface area contributed by atoms with Crippen LogP contribution in [0.3, 0.4) is 0 Å². The highest BCUT2D eigenvalue weighted by molar-refractivity contribution is 5.78. The Bertz CT molecular complexity index is 313. The lowest BCUT2D eigenvalue weighted by atomic mass is 10.3. The van der Waals surface area contributed by atoms with Gasteiger partial charge in [-0.25, -0.2) is 0 Å². The van der Waals surface area contributed by atoms with Gasteiger partial charge in [0.1, 0.15) is 12.3 Å². The molecule has 0 unspecified atom stereocenters. The Hall–Kier alpha value is -1.83. The van der Waals surface area contributed by atoms with Gasteiger partial charge in [0.2, 0.25) is 5.91 Å². The summed E-state index contributed by atoms with van der Waals surface area (Å²) < 4.78 is 4.55. The van der Waals surface area contributed by atoms with Crippen LogP contribution in [0.15, 0.2) is 16.9 Å². The summed E-state index contributed by atoms with van der Waals surface area (Å²) in [5, 5.41) is 14.5. The second-order valence-corrected chi connectivity index (χ2v) is 2.59. The molecule has 1 aromatic rings. The summed E-state index contributed by atoms with van der Waals surface area (Å²) in [6, 6.07) is 3.03. The monoisotopic (exact) mass is 179 g/mol. The molecule has 0 aliphatic rings. The van der Waals surface area contributed by atoms with Crippen LogP contribution in [0.5, 0.6) is 0 Å². The lowest BCUT2D eigenvalue weighted by Gasteiger charge is -2.03. The normalized spacial score (nSPS) is 11.7. The number of carbonyl (C=O) groups excluding carboxylic acids is 1. The van der Waals surface area contributed by atoms with Gasteiger partial charge in [-0.15, -0.1) is 0 Å². The summed E-state index contributed by atoms with van der Waals surface area (Å²) in [5.41, 5.74) is 0.558. The van der Waals surface area contributed by atoms with Crippen LogP contribution in [0.25, 0.3) is 0 Å². The van der Waals surface area contributed by atoms with Crippen molar-refractivity contribution in [3.8, 4) is 6.07 Å². The van der Waals surface area contributed by atoms with Gasteiger partial charge in [0.25, 0.3) is 0 Å². The second-order valence-electron chi connectivity index (χ2n) is 2.59. The van der Waals surface area contributed by atoms with E-state index >= 15 is 0 Å². The molecule has 0 aliphatic heterocycles. The average Bonchev–Trinajstić information content (AvgIpc) is 2.56. The van der Waals surface area contributed by atoms with Crippen LogP contribution in [-0.4, -0.2) is 17.1 Å². The average molecular weight is 179 g/mol. The second kappa shape index (κ2) is 4.26. The first-order valence-electron chi connectivity index (χ1n) is 3.80. The van der Waals surface area contributed by atoms with Crippen molar-refractivity contribution in [2.75, 3.05) is 0 Å². The maximum atomic E-state index is 11.1. The molecule has 0 aliphatic carbocycles. The molecule has 0 saturated heterocycles. The molecule has 0 spiro atoms. The van der Waals surface area contributed by atoms with Gasteiger partial charge < -0.3 is 9.84 Å². The van der Waals surface area contributed by atoms with E-state index < -0.39 is 6.04 Å². The zero-order valence-electron chi connectivity index (χ0n) is 7.15. The lowest BCUT2D eigenvalue weighted by Crippen LogP contribution is -2.32. The van der Waals surface area contributed by atoms with E-state index in [1.165, 1.54) is 6.26 Å². The van der Waals surface area contributed by atoms with Crippen LogP contribution in [0.1, 0.15) is 12.6 Å². The number of carbonyl (C=O) groups is 1. The Balaban J connectivity index is 2.39. The number of hydrogen-bond donors (Lipinski definition) is 1. The zero-order valence-corrected chi connectivity index (χ0v) is 7.15. The Morgan fingerprint density at radius 1 is 1.92 bits per heavy atom. The number of rotatable bonds is 3. The summed E-state index contributed by atoms with van der Waals surface area (Å²) in [6.45, 7) is 1.61. The van der Waals surface area contributed by atoms with Crippen LogP contribution in [0, 0.1) is 11.3 Å². The molecule has 1 heterocycles. The summed E-state index contributed by atoms with van der Waals surface area (Å²) in [5.74, 6) is -0.233. The van der Waals surface area contributed by atoms with Gasteiger partial charge in [0.05, 0.1) is 18.2 Å². The van der Waals surface area contributed by atoms with Gasteiger partial charge in [-0.3, -0.25) is 4.79 Å². The number of nitriles is 1. The minimum absolute atomic E-state index is 0.141. The first-order valence-corrected chi connectivity index (χ1v) is 3.80. The maximum absolute atomic E-state index is 11.1. The van der Waals surface area contributed by atoms with Crippen molar-refractivity contribution in [2.45, 2.75) is 19.4 Å². The Kier molecular flexibility index (Phi) is 3.03. The van der Waals surface area contributed by atoms with Crippen molar-refractivity contribution in [2.24, 2.45) is 0 Å². The quantitative estimate of drug-likeness (QED) is 0.721. The fourth-order valence-electron chi connectivity index (χ4n) is 0.818. The molecule has 1 N–H and O–H groups in total. The van der Waals surface area contributed by atoms with E-state index in [1.54, 1.807) is 13.0 Å². The predicted molar refractivity (Wildman–Crippen MR) is 43.4 cm³/mol. The molecule has 0 radical (unpaired) electrons. The molecule has 0 bridgehead atoms. The predicted octanol–water partition coefficient (Wildman–Crippen LogP) is 0.245. The number of nitrogens with zero attached hydrogens (tertiary/aromatic N) is 2. The highest BCUT2D eigenvalue weighted by atomic mass is 16.5. The first kappa shape index (κ1) is 9.26. The molecule has 1 amide bonds. The molecule has 5 heteroatoms.